The number of thioether (sulfide) groups is 1. The second-order valence-electron chi connectivity index (χ2n) is 4.77. The third-order valence-corrected chi connectivity index (χ3v) is 3.82. The van der Waals surface area contributed by atoms with E-state index < -0.39 is 0 Å². The van der Waals surface area contributed by atoms with Gasteiger partial charge in [0.15, 0.2) is 5.69 Å². The maximum absolute atomic E-state index is 12.3. The summed E-state index contributed by atoms with van der Waals surface area (Å²) < 4.78 is 0. The van der Waals surface area contributed by atoms with Gasteiger partial charge in [-0.25, -0.2) is 0 Å². The number of aromatic nitrogens is 2. The molecule has 1 amide bonds. The number of rotatable bonds is 5. The van der Waals surface area contributed by atoms with Crippen molar-refractivity contribution in [2.24, 2.45) is 0 Å². The summed E-state index contributed by atoms with van der Waals surface area (Å²) in [6, 6.07) is 0.158. The fourth-order valence-electron chi connectivity index (χ4n) is 1.69. The SMILES string of the molecule is CSCC(C)N(C)C(=O)c1n[nH]c(C(C)C)c1N. The number of aromatic amines is 1. The van der Waals surface area contributed by atoms with Crippen molar-refractivity contribution in [2.75, 3.05) is 24.8 Å². The fourth-order valence-corrected chi connectivity index (χ4v) is 2.39. The first-order valence-electron chi connectivity index (χ1n) is 5.99. The van der Waals surface area contributed by atoms with Crippen molar-refractivity contribution in [3.05, 3.63) is 11.4 Å². The maximum Gasteiger partial charge on any atom is 0.276 e. The molecule has 5 nitrogen and oxygen atoms in total. The van der Waals surface area contributed by atoms with Crippen LogP contribution in [0.3, 0.4) is 0 Å². The Morgan fingerprint density at radius 1 is 1.50 bits per heavy atom. The molecule has 0 aromatic carbocycles. The molecule has 0 aliphatic carbocycles. The number of anilines is 1. The largest absolute Gasteiger partial charge is 0.395 e. The lowest BCUT2D eigenvalue weighted by Crippen LogP contribution is -2.37. The molecule has 0 spiro atoms. The molecule has 102 valence electrons. The topological polar surface area (TPSA) is 75.0 Å². The molecule has 6 heteroatoms. The lowest BCUT2D eigenvalue weighted by molar-refractivity contribution is 0.0752. The van der Waals surface area contributed by atoms with Crippen LogP contribution >= 0.6 is 11.8 Å². The number of amides is 1. The van der Waals surface area contributed by atoms with Gasteiger partial charge in [0.1, 0.15) is 0 Å². The van der Waals surface area contributed by atoms with E-state index in [4.69, 9.17) is 5.73 Å². The van der Waals surface area contributed by atoms with Crippen LogP contribution in [-0.2, 0) is 0 Å². The molecule has 18 heavy (non-hydrogen) atoms. The Labute approximate surface area is 112 Å². The highest BCUT2D eigenvalue weighted by molar-refractivity contribution is 7.98. The molecule has 1 rings (SSSR count). The van der Waals surface area contributed by atoms with Crippen LogP contribution in [0.2, 0.25) is 0 Å². The predicted molar refractivity (Wildman–Crippen MR) is 77.0 cm³/mol. The maximum atomic E-state index is 12.3. The van der Waals surface area contributed by atoms with Gasteiger partial charge in [-0.05, 0) is 19.1 Å². The van der Waals surface area contributed by atoms with Crippen LogP contribution in [0, 0.1) is 0 Å². The van der Waals surface area contributed by atoms with E-state index >= 15 is 0 Å². The van der Waals surface area contributed by atoms with Crippen LogP contribution in [0.25, 0.3) is 0 Å². The molecule has 0 radical (unpaired) electrons. The minimum absolute atomic E-state index is 0.128. The smallest absolute Gasteiger partial charge is 0.276 e. The Balaban J connectivity index is 2.90. The van der Waals surface area contributed by atoms with Crippen LogP contribution in [0.1, 0.15) is 42.9 Å². The highest BCUT2D eigenvalue weighted by Gasteiger charge is 2.24. The summed E-state index contributed by atoms with van der Waals surface area (Å²) >= 11 is 1.71. The zero-order valence-corrected chi connectivity index (χ0v) is 12.5. The lowest BCUT2D eigenvalue weighted by atomic mass is 10.1. The summed E-state index contributed by atoms with van der Waals surface area (Å²) in [5.74, 6) is 0.994. The van der Waals surface area contributed by atoms with E-state index in [9.17, 15) is 4.79 Å². The molecule has 0 aliphatic rings. The molecule has 1 aromatic heterocycles. The first-order chi connectivity index (χ1) is 8.40. The van der Waals surface area contributed by atoms with Crippen molar-refractivity contribution in [2.45, 2.75) is 32.7 Å². The van der Waals surface area contributed by atoms with Crippen molar-refractivity contribution in [3.8, 4) is 0 Å². The van der Waals surface area contributed by atoms with E-state index in [-0.39, 0.29) is 17.9 Å². The Morgan fingerprint density at radius 3 is 2.56 bits per heavy atom. The first kappa shape index (κ1) is 14.9. The van der Waals surface area contributed by atoms with Crippen molar-refractivity contribution in [3.63, 3.8) is 0 Å². The van der Waals surface area contributed by atoms with Gasteiger partial charge in [0.2, 0.25) is 0 Å². The molecule has 0 bridgehead atoms. The first-order valence-corrected chi connectivity index (χ1v) is 7.39. The molecule has 3 N–H and O–H groups in total. The molecule has 0 saturated carbocycles. The molecule has 1 heterocycles. The standard InChI is InChI=1S/C12H22N4OS/c1-7(2)10-9(13)11(15-14-10)12(17)16(4)8(3)6-18-5/h7-8H,6,13H2,1-5H3,(H,14,15). The van der Waals surface area contributed by atoms with Gasteiger partial charge in [0, 0.05) is 18.8 Å². The molecule has 1 unspecified atom stereocenters. The Morgan fingerprint density at radius 2 is 2.11 bits per heavy atom. The number of nitrogens with one attached hydrogen (secondary N) is 1. The van der Waals surface area contributed by atoms with Crippen LogP contribution < -0.4 is 5.73 Å². The minimum atomic E-state index is -0.128. The van der Waals surface area contributed by atoms with Gasteiger partial charge in [-0.2, -0.15) is 16.9 Å². The monoisotopic (exact) mass is 270 g/mol. The van der Waals surface area contributed by atoms with Crippen LogP contribution in [0.5, 0.6) is 0 Å². The van der Waals surface area contributed by atoms with Gasteiger partial charge in [0.25, 0.3) is 5.91 Å². The average Bonchev–Trinajstić information content (AvgIpc) is 2.69. The molecule has 0 saturated heterocycles. The molecular weight excluding hydrogens is 248 g/mol. The predicted octanol–water partition coefficient (Wildman–Crippen LogP) is 1.94. The number of nitrogens with zero attached hydrogens (tertiary/aromatic N) is 2. The van der Waals surface area contributed by atoms with E-state index in [1.165, 1.54) is 0 Å². The van der Waals surface area contributed by atoms with Gasteiger partial charge in [-0.1, -0.05) is 13.8 Å². The van der Waals surface area contributed by atoms with Crippen molar-refractivity contribution in [1.82, 2.24) is 15.1 Å². The fraction of sp³-hybridized carbons (Fsp3) is 0.667. The lowest BCUT2D eigenvalue weighted by Gasteiger charge is -2.23. The van der Waals surface area contributed by atoms with Gasteiger partial charge in [0.05, 0.1) is 11.4 Å². The molecular formula is C12H22N4OS. The third-order valence-electron chi connectivity index (χ3n) is 3.00. The number of nitrogens with two attached hydrogens (primary N) is 1. The zero-order chi connectivity index (χ0) is 13.9. The number of hydrogen-bond acceptors (Lipinski definition) is 4. The summed E-state index contributed by atoms with van der Waals surface area (Å²) in [6.07, 6.45) is 2.02. The summed E-state index contributed by atoms with van der Waals surface area (Å²) in [6.45, 7) is 6.04. The van der Waals surface area contributed by atoms with E-state index in [0.717, 1.165) is 11.4 Å². The third kappa shape index (κ3) is 2.98. The van der Waals surface area contributed by atoms with E-state index in [1.54, 1.807) is 23.7 Å². The van der Waals surface area contributed by atoms with Crippen LogP contribution in [-0.4, -0.2) is 46.1 Å². The number of carbonyl (C=O) groups is 1. The number of nitrogen functional groups attached to an aromatic ring is 1. The summed E-state index contributed by atoms with van der Waals surface area (Å²) in [7, 11) is 1.78. The van der Waals surface area contributed by atoms with E-state index in [0.29, 0.717) is 11.4 Å². The zero-order valence-electron chi connectivity index (χ0n) is 11.7. The normalized spacial score (nSPS) is 12.8. The van der Waals surface area contributed by atoms with Crippen molar-refractivity contribution < 1.29 is 4.79 Å². The van der Waals surface area contributed by atoms with Gasteiger partial charge >= 0.3 is 0 Å². The second-order valence-corrected chi connectivity index (χ2v) is 5.69. The molecule has 0 aliphatic heterocycles. The Hall–Kier alpha value is -1.17. The van der Waals surface area contributed by atoms with Gasteiger partial charge in [-0.3, -0.25) is 9.89 Å². The highest BCUT2D eigenvalue weighted by Crippen LogP contribution is 2.23. The second kappa shape index (κ2) is 6.13. The highest BCUT2D eigenvalue weighted by atomic mass is 32.2. The number of carbonyl (C=O) groups excluding carboxylic acids is 1. The van der Waals surface area contributed by atoms with Crippen molar-refractivity contribution >= 4 is 23.4 Å². The molecule has 1 aromatic rings. The van der Waals surface area contributed by atoms with Gasteiger partial charge < -0.3 is 10.6 Å². The Kier molecular flexibility index (Phi) is 5.07. The minimum Gasteiger partial charge on any atom is -0.395 e. The summed E-state index contributed by atoms with van der Waals surface area (Å²) in [5, 5.41) is 6.90. The average molecular weight is 270 g/mol. The van der Waals surface area contributed by atoms with Crippen molar-refractivity contribution in [1.29, 1.82) is 0 Å². The number of hydrogen-bond donors (Lipinski definition) is 2. The number of H-pyrrole nitrogens is 1. The molecule has 1 atom stereocenters. The van der Waals surface area contributed by atoms with E-state index in [2.05, 4.69) is 10.2 Å². The van der Waals surface area contributed by atoms with Crippen LogP contribution in [0.15, 0.2) is 0 Å². The molecule has 0 fully saturated rings. The summed E-state index contributed by atoms with van der Waals surface area (Å²) in [4.78, 5) is 14.0. The van der Waals surface area contributed by atoms with E-state index in [1.807, 2.05) is 27.0 Å². The summed E-state index contributed by atoms with van der Waals surface area (Å²) in [5.41, 5.74) is 7.59. The van der Waals surface area contributed by atoms with Crippen LogP contribution in [0.4, 0.5) is 5.69 Å². The Bertz CT molecular complexity index is 416. The van der Waals surface area contributed by atoms with Gasteiger partial charge in [-0.15, -0.1) is 0 Å². The quantitative estimate of drug-likeness (QED) is 0.857.